The molecular formula is C18H20BrN3O2. The quantitative estimate of drug-likeness (QED) is 0.688. The Morgan fingerprint density at radius 3 is 2.29 bits per heavy atom. The summed E-state index contributed by atoms with van der Waals surface area (Å²) >= 11 is 3.34. The number of amides is 2. The molecule has 126 valence electrons. The molecule has 0 aromatic heterocycles. The van der Waals surface area contributed by atoms with Gasteiger partial charge in [0.15, 0.2) is 0 Å². The fourth-order valence-electron chi connectivity index (χ4n) is 2.20. The standard InChI is InChI=1S/C18H20BrN3O2/c1-12-3-8-16(13(2)9-12)20-11-18(24)22-21-17(23)10-14-4-6-15(19)7-5-14/h3-9,20H,10-11H2,1-2H3,(H,21,23)(H,22,24). The molecule has 0 bridgehead atoms. The predicted molar refractivity (Wildman–Crippen MR) is 98.5 cm³/mol. The van der Waals surface area contributed by atoms with Crippen molar-refractivity contribution >= 4 is 33.4 Å². The monoisotopic (exact) mass is 389 g/mol. The molecule has 3 N–H and O–H groups in total. The number of hydrogen-bond acceptors (Lipinski definition) is 3. The van der Waals surface area contributed by atoms with Crippen molar-refractivity contribution < 1.29 is 9.59 Å². The molecule has 0 aliphatic heterocycles. The van der Waals surface area contributed by atoms with E-state index in [4.69, 9.17) is 0 Å². The summed E-state index contributed by atoms with van der Waals surface area (Å²) in [6, 6.07) is 13.4. The zero-order valence-electron chi connectivity index (χ0n) is 13.7. The zero-order chi connectivity index (χ0) is 17.5. The molecule has 0 unspecified atom stereocenters. The highest BCUT2D eigenvalue weighted by atomic mass is 79.9. The summed E-state index contributed by atoms with van der Waals surface area (Å²) in [5.74, 6) is -0.573. The Labute approximate surface area is 149 Å². The van der Waals surface area contributed by atoms with Gasteiger partial charge in [-0.15, -0.1) is 0 Å². The van der Waals surface area contributed by atoms with E-state index >= 15 is 0 Å². The number of rotatable bonds is 5. The van der Waals surface area contributed by atoms with Crippen molar-refractivity contribution in [3.05, 3.63) is 63.6 Å². The Balaban J connectivity index is 1.74. The van der Waals surface area contributed by atoms with E-state index in [-0.39, 0.29) is 24.8 Å². The number of nitrogens with one attached hydrogen (secondary N) is 3. The summed E-state index contributed by atoms with van der Waals surface area (Å²) in [4.78, 5) is 23.6. The first-order valence-electron chi connectivity index (χ1n) is 7.57. The molecule has 2 rings (SSSR count). The second-order valence-corrected chi connectivity index (χ2v) is 6.49. The number of carbonyl (C=O) groups is 2. The third kappa shape index (κ3) is 5.70. The van der Waals surface area contributed by atoms with Crippen LogP contribution >= 0.6 is 15.9 Å². The lowest BCUT2D eigenvalue weighted by atomic mass is 10.1. The summed E-state index contributed by atoms with van der Waals surface area (Å²) < 4.78 is 0.956. The lowest BCUT2D eigenvalue weighted by Crippen LogP contribution is -2.44. The molecule has 5 nitrogen and oxygen atoms in total. The molecule has 2 amide bonds. The van der Waals surface area contributed by atoms with Gasteiger partial charge in [-0.05, 0) is 43.2 Å². The molecule has 0 spiro atoms. The predicted octanol–water partition coefficient (Wildman–Crippen LogP) is 2.87. The van der Waals surface area contributed by atoms with Gasteiger partial charge in [-0.1, -0.05) is 45.8 Å². The third-order valence-corrected chi connectivity index (χ3v) is 3.97. The van der Waals surface area contributed by atoms with Crippen molar-refractivity contribution in [3.8, 4) is 0 Å². The second kappa shape index (κ2) is 8.49. The van der Waals surface area contributed by atoms with Crippen molar-refractivity contribution in [1.29, 1.82) is 0 Å². The van der Waals surface area contributed by atoms with Gasteiger partial charge in [0, 0.05) is 10.2 Å². The fraction of sp³-hybridized carbons (Fsp3) is 0.222. The maximum atomic E-state index is 11.8. The summed E-state index contributed by atoms with van der Waals surface area (Å²) in [5.41, 5.74) is 8.83. The number of aryl methyl sites for hydroxylation is 2. The Morgan fingerprint density at radius 2 is 1.62 bits per heavy atom. The van der Waals surface area contributed by atoms with Crippen LogP contribution < -0.4 is 16.2 Å². The maximum Gasteiger partial charge on any atom is 0.257 e. The van der Waals surface area contributed by atoms with E-state index in [2.05, 4.69) is 32.1 Å². The Hall–Kier alpha value is -2.34. The van der Waals surface area contributed by atoms with E-state index in [1.54, 1.807) is 0 Å². The van der Waals surface area contributed by atoms with Crippen molar-refractivity contribution in [3.63, 3.8) is 0 Å². The van der Waals surface area contributed by atoms with Gasteiger partial charge >= 0.3 is 0 Å². The largest absolute Gasteiger partial charge is 0.376 e. The van der Waals surface area contributed by atoms with Gasteiger partial charge in [0.05, 0.1) is 13.0 Å². The van der Waals surface area contributed by atoms with Crippen molar-refractivity contribution in [2.24, 2.45) is 0 Å². The smallest absolute Gasteiger partial charge is 0.257 e. The topological polar surface area (TPSA) is 70.2 Å². The van der Waals surface area contributed by atoms with Gasteiger partial charge in [-0.3, -0.25) is 20.4 Å². The number of carbonyl (C=O) groups excluding carboxylic acids is 2. The van der Waals surface area contributed by atoms with Crippen LogP contribution in [-0.4, -0.2) is 18.4 Å². The Morgan fingerprint density at radius 1 is 0.958 bits per heavy atom. The fourth-order valence-corrected chi connectivity index (χ4v) is 2.47. The van der Waals surface area contributed by atoms with Gasteiger partial charge in [-0.25, -0.2) is 0 Å². The molecule has 6 heteroatoms. The van der Waals surface area contributed by atoms with E-state index in [0.717, 1.165) is 21.3 Å². The van der Waals surface area contributed by atoms with Crippen LogP contribution in [-0.2, 0) is 16.0 Å². The minimum absolute atomic E-state index is 0.0858. The summed E-state index contributed by atoms with van der Waals surface area (Å²) in [7, 11) is 0. The lowest BCUT2D eigenvalue weighted by Gasteiger charge is -2.11. The van der Waals surface area contributed by atoms with Crippen molar-refractivity contribution in [2.45, 2.75) is 20.3 Å². The molecule has 0 fully saturated rings. The molecule has 0 radical (unpaired) electrons. The molecular weight excluding hydrogens is 370 g/mol. The Kier molecular flexibility index (Phi) is 6.37. The van der Waals surface area contributed by atoms with Crippen LogP contribution in [0.3, 0.4) is 0 Å². The number of benzene rings is 2. The molecule has 0 saturated heterocycles. The molecule has 0 saturated carbocycles. The molecule has 0 atom stereocenters. The molecule has 2 aromatic rings. The van der Waals surface area contributed by atoms with Gasteiger partial charge in [0.25, 0.3) is 5.91 Å². The molecule has 0 aliphatic carbocycles. The number of halogens is 1. The summed E-state index contributed by atoms with van der Waals surface area (Å²) in [6.45, 7) is 4.08. The minimum atomic E-state index is -0.306. The van der Waals surface area contributed by atoms with Crippen molar-refractivity contribution in [2.75, 3.05) is 11.9 Å². The van der Waals surface area contributed by atoms with E-state index in [0.29, 0.717) is 0 Å². The van der Waals surface area contributed by atoms with E-state index in [1.165, 1.54) is 5.56 Å². The number of anilines is 1. The molecule has 0 heterocycles. The molecule has 24 heavy (non-hydrogen) atoms. The highest BCUT2D eigenvalue weighted by Crippen LogP contribution is 2.15. The van der Waals surface area contributed by atoms with Crippen LogP contribution in [0, 0.1) is 13.8 Å². The van der Waals surface area contributed by atoms with Crippen LogP contribution in [0.1, 0.15) is 16.7 Å². The third-order valence-electron chi connectivity index (χ3n) is 3.44. The van der Waals surface area contributed by atoms with Crippen LogP contribution in [0.25, 0.3) is 0 Å². The average molecular weight is 390 g/mol. The van der Waals surface area contributed by atoms with Crippen LogP contribution in [0.5, 0.6) is 0 Å². The van der Waals surface area contributed by atoms with Crippen molar-refractivity contribution in [1.82, 2.24) is 10.9 Å². The van der Waals surface area contributed by atoms with Crippen LogP contribution in [0.15, 0.2) is 46.9 Å². The zero-order valence-corrected chi connectivity index (χ0v) is 15.2. The first kappa shape index (κ1) is 18.0. The minimum Gasteiger partial charge on any atom is -0.376 e. The van der Waals surface area contributed by atoms with E-state index in [1.807, 2.05) is 56.3 Å². The summed E-state index contributed by atoms with van der Waals surface area (Å²) in [5, 5.41) is 3.05. The number of hydrazine groups is 1. The highest BCUT2D eigenvalue weighted by Gasteiger charge is 2.06. The van der Waals surface area contributed by atoms with Gasteiger partial charge < -0.3 is 5.32 Å². The normalized spacial score (nSPS) is 10.1. The van der Waals surface area contributed by atoms with Gasteiger partial charge in [0.2, 0.25) is 5.91 Å². The Bertz CT molecular complexity index is 730. The maximum absolute atomic E-state index is 11.8. The summed E-state index contributed by atoms with van der Waals surface area (Å²) in [6.07, 6.45) is 0.206. The van der Waals surface area contributed by atoms with Crippen LogP contribution in [0.4, 0.5) is 5.69 Å². The molecule has 2 aromatic carbocycles. The average Bonchev–Trinajstić information content (AvgIpc) is 2.54. The lowest BCUT2D eigenvalue weighted by molar-refractivity contribution is -0.127. The van der Waals surface area contributed by atoms with Crippen LogP contribution in [0.2, 0.25) is 0 Å². The first-order valence-corrected chi connectivity index (χ1v) is 8.36. The van der Waals surface area contributed by atoms with Gasteiger partial charge in [-0.2, -0.15) is 0 Å². The van der Waals surface area contributed by atoms with Gasteiger partial charge in [0.1, 0.15) is 0 Å². The molecule has 0 aliphatic rings. The number of hydrogen-bond donors (Lipinski definition) is 3. The first-order chi connectivity index (χ1) is 11.4. The highest BCUT2D eigenvalue weighted by molar-refractivity contribution is 9.10. The van der Waals surface area contributed by atoms with E-state index in [9.17, 15) is 9.59 Å². The second-order valence-electron chi connectivity index (χ2n) is 5.57. The van der Waals surface area contributed by atoms with E-state index < -0.39 is 0 Å². The SMILES string of the molecule is Cc1ccc(NCC(=O)NNC(=O)Cc2ccc(Br)cc2)c(C)c1.